The maximum atomic E-state index is 12.0. The molecule has 2 heterocycles. The summed E-state index contributed by atoms with van der Waals surface area (Å²) in [6.07, 6.45) is 7.67. The first kappa shape index (κ1) is 28.5. The Bertz CT molecular complexity index is 1210. The van der Waals surface area contributed by atoms with Crippen molar-refractivity contribution in [3.8, 4) is 0 Å². The van der Waals surface area contributed by atoms with Crippen molar-refractivity contribution < 1.29 is 19.1 Å². The second-order valence-corrected chi connectivity index (χ2v) is 8.74. The van der Waals surface area contributed by atoms with Crippen molar-refractivity contribution in [2.75, 3.05) is 13.2 Å². The summed E-state index contributed by atoms with van der Waals surface area (Å²) in [5, 5.41) is 0. The molecule has 12 heteroatoms. The standard InChI is InChI=1S/C24H34N4O8/c1-17-13-27(23(33)25(3)21(17)31)15-19(29)35-11-9-7-5-6-8-10-12-36-20(30)16-28-14-18(2)22(32)26(4)24(28)34/h13-14H,5-12,15-16H2,1-4H3. The molecule has 2 aromatic rings. The number of carbonyl (C=O) groups excluding carboxylic acids is 2. The maximum Gasteiger partial charge on any atom is 0.331 e. The first-order chi connectivity index (χ1) is 17.0. The Morgan fingerprint density at radius 1 is 0.639 bits per heavy atom. The highest BCUT2D eigenvalue weighted by atomic mass is 16.5. The van der Waals surface area contributed by atoms with Crippen LogP contribution in [0.4, 0.5) is 0 Å². The largest absolute Gasteiger partial charge is 0.464 e. The quantitative estimate of drug-likeness (QED) is 0.276. The van der Waals surface area contributed by atoms with Crippen LogP contribution >= 0.6 is 0 Å². The molecule has 2 aromatic heterocycles. The van der Waals surface area contributed by atoms with E-state index in [1.54, 1.807) is 13.8 Å². The summed E-state index contributed by atoms with van der Waals surface area (Å²) in [5.41, 5.74) is -1.18. The van der Waals surface area contributed by atoms with Gasteiger partial charge in [0.2, 0.25) is 0 Å². The number of hydrogen-bond donors (Lipinski definition) is 0. The summed E-state index contributed by atoms with van der Waals surface area (Å²) in [7, 11) is 2.73. The molecule has 0 aliphatic rings. The van der Waals surface area contributed by atoms with Crippen LogP contribution in [0.25, 0.3) is 0 Å². The van der Waals surface area contributed by atoms with E-state index in [4.69, 9.17) is 9.47 Å². The molecule has 12 nitrogen and oxygen atoms in total. The number of carbonyl (C=O) groups is 2. The Labute approximate surface area is 207 Å². The number of hydrogen-bond acceptors (Lipinski definition) is 8. The van der Waals surface area contributed by atoms with Gasteiger partial charge in [0.15, 0.2) is 0 Å². The van der Waals surface area contributed by atoms with E-state index in [0.29, 0.717) is 24.0 Å². The minimum atomic E-state index is -0.566. The van der Waals surface area contributed by atoms with Crippen LogP contribution in [0.2, 0.25) is 0 Å². The van der Waals surface area contributed by atoms with Crippen molar-refractivity contribution in [3.05, 3.63) is 65.2 Å². The summed E-state index contributed by atoms with van der Waals surface area (Å²) in [4.78, 5) is 71.4. The first-order valence-corrected chi connectivity index (χ1v) is 11.9. The highest BCUT2D eigenvalue weighted by molar-refractivity contribution is 5.69. The number of nitrogens with zero attached hydrogens (tertiary/aromatic N) is 4. The number of rotatable bonds is 13. The van der Waals surface area contributed by atoms with Crippen LogP contribution in [-0.4, -0.2) is 43.4 Å². The van der Waals surface area contributed by atoms with Gasteiger partial charge in [-0.15, -0.1) is 0 Å². The highest BCUT2D eigenvalue weighted by Crippen LogP contribution is 2.06. The molecule has 0 radical (unpaired) electrons. The van der Waals surface area contributed by atoms with Crippen LogP contribution in [0.1, 0.15) is 49.7 Å². The van der Waals surface area contributed by atoms with E-state index in [2.05, 4.69) is 0 Å². The van der Waals surface area contributed by atoms with Gasteiger partial charge in [0.05, 0.1) is 13.2 Å². The number of aromatic nitrogens is 4. The van der Waals surface area contributed by atoms with Crippen molar-refractivity contribution in [2.24, 2.45) is 14.1 Å². The van der Waals surface area contributed by atoms with Crippen LogP contribution in [0.5, 0.6) is 0 Å². The van der Waals surface area contributed by atoms with Gasteiger partial charge < -0.3 is 9.47 Å². The van der Waals surface area contributed by atoms with E-state index in [0.717, 1.165) is 44.0 Å². The average molecular weight is 507 g/mol. The topological polar surface area (TPSA) is 141 Å². The second-order valence-electron chi connectivity index (χ2n) is 8.74. The number of unbranched alkanes of at least 4 members (excludes halogenated alkanes) is 5. The summed E-state index contributed by atoms with van der Waals surface area (Å²) in [6, 6.07) is 0. The van der Waals surface area contributed by atoms with Gasteiger partial charge >= 0.3 is 23.3 Å². The lowest BCUT2D eigenvalue weighted by molar-refractivity contribution is -0.145. The predicted molar refractivity (Wildman–Crippen MR) is 131 cm³/mol. The zero-order chi connectivity index (χ0) is 26.8. The molecule has 0 amide bonds. The summed E-state index contributed by atoms with van der Waals surface area (Å²) < 4.78 is 14.6. The summed E-state index contributed by atoms with van der Waals surface area (Å²) >= 11 is 0. The molecule has 0 bridgehead atoms. The Morgan fingerprint density at radius 2 is 0.972 bits per heavy atom. The number of esters is 2. The zero-order valence-electron chi connectivity index (χ0n) is 21.3. The number of ether oxygens (including phenoxy) is 2. The van der Waals surface area contributed by atoms with Gasteiger partial charge in [0.1, 0.15) is 13.1 Å². The summed E-state index contributed by atoms with van der Waals surface area (Å²) in [5.74, 6) is -1.07. The molecule has 0 fully saturated rings. The van der Waals surface area contributed by atoms with E-state index in [1.807, 2.05) is 0 Å². The Morgan fingerprint density at radius 3 is 1.33 bits per heavy atom. The smallest absolute Gasteiger partial charge is 0.331 e. The van der Waals surface area contributed by atoms with Crippen LogP contribution in [-0.2, 0) is 46.2 Å². The molecule has 0 aromatic carbocycles. The van der Waals surface area contributed by atoms with Crippen molar-refractivity contribution in [1.29, 1.82) is 0 Å². The Kier molecular flexibility index (Phi) is 10.6. The molecule has 198 valence electrons. The maximum absolute atomic E-state index is 12.0. The van der Waals surface area contributed by atoms with Crippen LogP contribution in [0.15, 0.2) is 31.6 Å². The van der Waals surface area contributed by atoms with E-state index in [1.165, 1.54) is 26.5 Å². The van der Waals surface area contributed by atoms with Gasteiger partial charge in [-0.25, -0.2) is 9.59 Å². The second kappa shape index (κ2) is 13.4. The average Bonchev–Trinajstić information content (AvgIpc) is 2.84. The van der Waals surface area contributed by atoms with Gasteiger partial charge in [-0.05, 0) is 26.7 Å². The first-order valence-electron chi connectivity index (χ1n) is 11.9. The van der Waals surface area contributed by atoms with Gasteiger partial charge in [0, 0.05) is 37.6 Å². The molecule has 0 unspecified atom stereocenters. The lowest BCUT2D eigenvalue weighted by atomic mass is 10.1. The number of aryl methyl sites for hydroxylation is 2. The normalized spacial score (nSPS) is 10.9. The van der Waals surface area contributed by atoms with Crippen LogP contribution in [0, 0.1) is 13.8 Å². The van der Waals surface area contributed by atoms with Crippen LogP contribution < -0.4 is 22.5 Å². The van der Waals surface area contributed by atoms with Gasteiger partial charge in [-0.2, -0.15) is 0 Å². The molecule has 0 aliphatic heterocycles. The SMILES string of the molecule is Cc1cn(CC(=O)OCCCCCCCCOC(=O)Cn2cc(C)c(=O)n(C)c2=O)c(=O)n(C)c1=O. The molecule has 0 aliphatic carbocycles. The minimum absolute atomic E-state index is 0.247. The van der Waals surface area contributed by atoms with E-state index >= 15 is 0 Å². The third-order valence-electron chi connectivity index (χ3n) is 5.71. The fraction of sp³-hybridized carbons (Fsp3) is 0.583. The van der Waals surface area contributed by atoms with Gasteiger partial charge in [0.25, 0.3) is 11.1 Å². The fourth-order valence-electron chi connectivity index (χ4n) is 3.66. The predicted octanol–water partition coefficient (Wildman–Crippen LogP) is 0.151. The highest BCUT2D eigenvalue weighted by Gasteiger charge is 2.11. The molecule has 0 saturated carbocycles. The molecule has 2 rings (SSSR count). The molecular weight excluding hydrogens is 472 g/mol. The lowest BCUT2D eigenvalue weighted by Gasteiger charge is -2.09. The van der Waals surface area contributed by atoms with E-state index in [9.17, 15) is 28.8 Å². The molecule has 0 N–H and O–H groups in total. The third kappa shape index (κ3) is 7.92. The Hall–Kier alpha value is -3.70. The lowest BCUT2D eigenvalue weighted by Crippen LogP contribution is -2.40. The Balaban J connectivity index is 1.55. The molecule has 0 saturated heterocycles. The third-order valence-corrected chi connectivity index (χ3v) is 5.71. The van der Waals surface area contributed by atoms with Crippen molar-refractivity contribution >= 4 is 11.9 Å². The zero-order valence-corrected chi connectivity index (χ0v) is 21.3. The van der Waals surface area contributed by atoms with Gasteiger partial charge in [-0.3, -0.25) is 37.4 Å². The van der Waals surface area contributed by atoms with Crippen molar-refractivity contribution in [2.45, 2.75) is 65.5 Å². The summed E-state index contributed by atoms with van der Waals surface area (Å²) in [6.45, 7) is 3.16. The van der Waals surface area contributed by atoms with Gasteiger partial charge in [-0.1, -0.05) is 25.7 Å². The van der Waals surface area contributed by atoms with E-state index < -0.39 is 34.4 Å². The molecule has 36 heavy (non-hydrogen) atoms. The molecule has 0 atom stereocenters. The fourth-order valence-corrected chi connectivity index (χ4v) is 3.66. The molecular formula is C24H34N4O8. The molecule has 0 spiro atoms. The monoisotopic (exact) mass is 506 g/mol. The van der Waals surface area contributed by atoms with E-state index in [-0.39, 0.29) is 26.3 Å². The minimum Gasteiger partial charge on any atom is -0.464 e. The van der Waals surface area contributed by atoms with Crippen LogP contribution in [0.3, 0.4) is 0 Å². The van der Waals surface area contributed by atoms with Crippen molar-refractivity contribution in [3.63, 3.8) is 0 Å². The van der Waals surface area contributed by atoms with Crippen molar-refractivity contribution in [1.82, 2.24) is 18.3 Å².